The van der Waals surface area contributed by atoms with E-state index < -0.39 is 10.2 Å². The average molecular weight is 491 g/mol. The molecule has 1 aliphatic rings. The molecule has 2 aromatic carbocycles. The highest BCUT2D eigenvalue weighted by Gasteiger charge is 2.33. The van der Waals surface area contributed by atoms with Gasteiger partial charge < -0.3 is 10.2 Å². The number of nitrogens with one attached hydrogen (secondary N) is 1. The number of anilines is 1. The van der Waals surface area contributed by atoms with Gasteiger partial charge in [0.15, 0.2) is 15.8 Å². The highest BCUT2D eigenvalue weighted by atomic mass is 32.3. The van der Waals surface area contributed by atoms with Crippen molar-refractivity contribution in [1.29, 1.82) is 0 Å². The van der Waals surface area contributed by atoms with Crippen LogP contribution in [0.15, 0.2) is 72.0 Å². The zero-order valence-electron chi connectivity index (χ0n) is 20.5. The Labute approximate surface area is 207 Å². The quantitative estimate of drug-likeness (QED) is 0.384. The van der Waals surface area contributed by atoms with Crippen molar-refractivity contribution in [3.8, 4) is 22.3 Å². The van der Waals surface area contributed by atoms with Gasteiger partial charge in [-0.25, -0.2) is 9.50 Å². The number of fused-ring (bicyclic) bond motifs is 1. The van der Waals surface area contributed by atoms with Crippen molar-refractivity contribution in [2.24, 2.45) is 0 Å². The van der Waals surface area contributed by atoms with Crippen LogP contribution in [0.3, 0.4) is 0 Å². The molecular formula is C27H32N5O2S+. The van der Waals surface area contributed by atoms with E-state index in [0.29, 0.717) is 22.6 Å². The average Bonchev–Trinajstić information content (AvgIpc) is 3.28. The SMILES string of the molecule is CC(C)[S+](=O)(O)c1cccc(-c2cnn3cc(-c4ccc(N5[C@H](C)CNC[C@@H]5C)cc4)cnc23)c1. The van der Waals surface area contributed by atoms with Gasteiger partial charge >= 0.3 is 0 Å². The summed E-state index contributed by atoms with van der Waals surface area (Å²) in [4.78, 5) is 7.60. The van der Waals surface area contributed by atoms with Crippen LogP contribution in [0.25, 0.3) is 27.9 Å². The number of benzene rings is 2. The molecule has 3 atom stereocenters. The Balaban J connectivity index is 1.44. The summed E-state index contributed by atoms with van der Waals surface area (Å²) in [6.45, 7) is 9.99. The Morgan fingerprint density at radius 3 is 2.40 bits per heavy atom. The zero-order valence-corrected chi connectivity index (χ0v) is 21.4. The first kappa shape index (κ1) is 23.7. The first-order valence-electron chi connectivity index (χ1n) is 12.0. The zero-order chi connectivity index (χ0) is 24.7. The molecule has 8 heteroatoms. The third kappa shape index (κ3) is 4.37. The summed E-state index contributed by atoms with van der Waals surface area (Å²) in [5, 5.41) is 7.64. The molecule has 0 amide bonds. The van der Waals surface area contributed by atoms with Gasteiger partial charge in [0.2, 0.25) is 10.2 Å². The lowest BCUT2D eigenvalue weighted by atomic mass is 10.0. The van der Waals surface area contributed by atoms with Gasteiger partial charge in [-0.2, -0.15) is 9.65 Å². The van der Waals surface area contributed by atoms with E-state index in [4.69, 9.17) is 4.98 Å². The molecule has 0 radical (unpaired) electrons. The molecule has 1 fully saturated rings. The van der Waals surface area contributed by atoms with Crippen LogP contribution in [0.4, 0.5) is 5.69 Å². The van der Waals surface area contributed by atoms with E-state index in [2.05, 4.69) is 53.4 Å². The molecule has 0 aliphatic carbocycles. The smallest absolute Gasteiger partial charge is 0.250 e. The summed E-state index contributed by atoms with van der Waals surface area (Å²) in [7, 11) is -3.11. The minimum absolute atomic E-state index is 0.369. The van der Waals surface area contributed by atoms with Crippen LogP contribution < -0.4 is 10.2 Å². The fourth-order valence-electron chi connectivity index (χ4n) is 4.81. The molecule has 2 N–H and O–H groups in total. The van der Waals surface area contributed by atoms with Crippen molar-refractivity contribution in [3.05, 3.63) is 67.1 Å². The Morgan fingerprint density at radius 2 is 1.71 bits per heavy atom. The lowest BCUT2D eigenvalue weighted by Gasteiger charge is -2.41. The number of rotatable bonds is 5. The predicted octanol–water partition coefficient (Wildman–Crippen LogP) is 4.99. The Kier molecular flexibility index (Phi) is 6.21. The maximum Gasteiger partial charge on any atom is 0.250 e. The number of nitrogens with zero attached hydrogens (tertiary/aromatic N) is 4. The summed E-state index contributed by atoms with van der Waals surface area (Å²) in [5.41, 5.74) is 5.65. The molecule has 182 valence electrons. The summed E-state index contributed by atoms with van der Waals surface area (Å²) in [6, 6.07) is 16.7. The molecule has 4 aromatic rings. The molecular weight excluding hydrogens is 458 g/mol. The van der Waals surface area contributed by atoms with Gasteiger partial charge in [0.05, 0.1) is 6.20 Å². The number of hydrogen-bond donors (Lipinski definition) is 2. The molecule has 3 heterocycles. The molecule has 1 saturated heterocycles. The molecule has 7 nitrogen and oxygen atoms in total. The van der Waals surface area contributed by atoms with Crippen LogP contribution in [-0.2, 0) is 14.4 Å². The van der Waals surface area contributed by atoms with E-state index >= 15 is 0 Å². The first-order valence-corrected chi connectivity index (χ1v) is 13.6. The predicted molar refractivity (Wildman–Crippen MR) is 142 cm³/mol. The van der Waals surface area contributed by atoms with Crippen molar-refractivity contribution in [2.45, 2.75) is 49.9 Å². The highest BCUT2D eigenvalue weighted by molar-refractivity contribution is 7.98. The summed E-state index contributed by atoms with van der Waals surface area (Å²) in [6.07, 6.45) is 5.60. The fraction of sp³-hybridized carbons (Fsp3) is 0.333. The summed E-state index contributed by atoms with van der Waals surface area (Å²) < 4.78 is 25.0. The van der Waals surface area contributed by atoms with Gasteiger partial charge in [-0.15, -0.1) is 0 Å². The molecule has 0 spiro atoms. The van der Waals surface area contributed by atoms with Crippen molar-refractivity contribution in [1.82, 2.24) is 19.9 Å². The molecule has 1 unspecified atom stereocenters. The Morgan fingerprint density at radius 1 is 1.00 bits per heavy atom. The topological polar surface area (TPSA) is 82.8 Å². The van der Waals surface area contributed by atoms with E-state index in [0.717, 1.165) is 35.3 Å². The van der Waals surface area contributed by atoms with E-state index in [9.17, 15) is 8.76 Å². The Hall–Kier alpha value is -3.07. The van der Waals surface area contributed by atoms with Gasteiger partial charge in [0.1, 0.15) is 0 Å². The van der Waals surface area contributed by atoms with E-state index in [1.54, 1.807) is 36.7 Å². The molecule has 0 bridgehead atoms. The monoisotopic (exact) mass is 490 g/mol. The normalized spacial score (nSPS) is 20.3. The van der Waals surface area contributed by atoms with Gasteiger partial charge in [-0.3, -0.25) is 0 Å². The second-order valence-corrected chi connectivity index (χ2v) is 12.2. The molecule has 5 rings (SSSR count). The van der Waals surface area contributed by atoms with Crippen molar-refractivity contribution in [2.75, 3.05) is 18.0 Å². The number of hydrogen-bond acceptors (Lipinski definition) is 5. The van der Waals surface area contributed by atoms with Gasteiger partial charge in [-0.05, 0) is 57.0 Å². The number of piperazine rings is 1. The number of aromatic nitrogens is 3. The van der Waals surface area contributed by atoms with Gasteiger partial charge in [-0.1, -0.05) is 28.5 Å². The third-order valence-corrected chi connectivity index (χ3v) is 9.01. The second-order valence-electron chi connectivity index (χ2n) is 9.62. The van der Waals surface area contributed by atoms with Crippen LogP contribution in [-0.4, -0.2) is 49.6 Å². The van der Waals surface area contributed by atoms with E-state index in [1.165, 1.54) is 5.69 Å². The van der Waals surface area contributed by atoms with Crippen LogP contribution in [0.5, 0.6) is 0 Å². The first-order chi connectivity index (χ1) is 16.8. The summed E-state index contributed by atoms with van der Waals surface area (Å²) in [5.74, 6) is 0. The largest absolute Gasteiger partial charge is 0.364 e. The van der Waals surface area contributed by atoms with Crippen molar-refractivity contribution >= 4 is 21.5 Å². The Bertz CT molecular complexity index is 1390. The minimum atomic E-state index is -3.11. The van der Waals surface area contributed by atoms with Crippen LogP contribution in [0.1, 0.15) is 27.7 Å². The third-order valence-electron chi connectivity index (χ3n) is 6.81. The maximum absolute atomic E-state index is 12.7. The maximum atomic E-state index is 12.7. The fourth-order valence-corrected chi connectivity index (χ4v) is 5.93. The lowest BCUT2D eigenvalue weighted by Crippen LogP contribution is -2.55. The van der Waals surface area contributed by atoms with Crippen molar-refractivity contribution in [3.63, 3.8) is 0 Å². The van der Waals surface area contributed by atoms with E-state index in [1.807, 2.05) is 24.5 Å². The second kappa shape index (κ2) is 9.18. The summed E-state index contributed by atoms with van der Waals surface area (Å²) >= 11 is 0. The van der Waals surface area contributed by atoms with E-state index in [-0.39, 0.29) is 5.25 Å². The van der Waals surface area contributed by atoms with Crippen LogP contribution >= 0.6 is 0 Å². The molecule has 1 aliphatic heterocycles. The molecule has 0 saturated carbocycles. The van der Waals surface area contributed by atoms with Crippen LogP contribution in [0.2, 0.25) is 0 Å². The van der Waals surface area contributed by atoms with Crippen LogP contribution in [0, 0.1) is 0 Å². The minimum Gasteiger partial charge on any atom is -0.364 e. The lowest BCUT2D eigenvalue weighted by molar-refractivity contribution is 0.432. The van der Waals surface area contributed by atoms with Gasteiger partial charge in [0.25, 0.3) is 0 Å². The van der Waals surface area contributed by atoms with Gasteiger partial charge in [0, 0.05) is 60.4 Å². The molecule has 2 aromatic heterocycles. The standard InChI is InChI=1S/C27H31N5O2S/c1-18(2)35(33,34)25-7-5-6-22(12-25)26-16-30-31-17-23(15-29-27(26)31)21-8-10-24(11-9-21)32-19(3)13-28-14-20(32)4/h5-12,15-20,28H,13-14H2,1-4H3/p+1/t19-,20+. The molecule has 35 heavy (non-hydrogen) atoms. The highest BCUT2D eigenvalue weighted by Crippen LogP contribution is 2.31. The van der Waals surface area contributed by atoms with Crippen molar-refractivity contribution < 1.29 is 8.76 Å².